The van der Waals surface area contributed by atoms with Gasteiger partial charge in [-0.15, -0.1) is 6.58 Å². The van der Waals surface area contributed by atoms with Gasteiger partial charge >= 0.3 is 9.28 Å². The van der Waals surface area contributed by atoms with Crippen LogP contribution in [-0.4, -0.2) is 33.5 Å². The highest BCUT2D eigenvalue weighted by molar-refractivity contribution is 6.44. The molecule has 0 fully saturated rings. The lowest BCUT2D eigenvalue weighted by Crippen LogP contribution is -2.23. The third-order valence-corrected chi connectivity index (χ3v) is 3.96. The van der Waals surface area contributed by atoms with Crippen molar-refractivity contribution < 1.29 is 8.85 Å². The summed E-state index contributed by atoms with van der Waals surface area (Å²) in [4.78, 5) is 0. The van der Waals surface area contributed by atoms with Crippen LogP contribution in [-0.2, 0) is 8.85 Å². The Bertz CT molecular complexity index is 124. The van der Waals surface area contributed by atoms with Crippen molar-refractivity contribution in [2.75, 3.05) is 13.2 Å². The zero-order valence-electron chi connectivity index (χ0n) is 9.63. The summed E-state index contributed by atoms with van der Waals surface area (Å²) in [5, 5.41) is 0. The lowest BCUT2D eigenvalue weighted by atomic mass is 10.3. The van der Waals surface area contributed by atoms with Gasteiger partial charge in [0.25, 0.3) is 0 Å². The molecule has 0 atom stereocenters. The zero-order chi connectivity index (χ0) is 10.6. The molecule has 0 aromatic carbocycles. The first-order chi connectivity index (χ1) is 6.85. The molecule has 0 aromatic heterocycles. The molecule has 0 unspecified atom stereocenters. The molecule has 0 bridgehead atoms. The van der Waals surface area contributed by atoms with Gasteiger partial charge in [0.2, 0.25) is 0 Å². The SMILES string of the molecule is C=CCCC[SiH](OCCC)OCCC.[SiH4]. The highest BCUT2D eigenvalue weighted by Gasteiger charge is 2.11. The normalized spacial score (nSPS) is 10.1. The van der Waals surface area contributed by atoms with Crippen molar-refractivity contribution in [1.82, 2.24) is 0 Å². The van der Waals surface area contributed by atoms with Crippen molar-refractivity contribution in [2.45, 2.75) is 45.6 Å². The average Bonchev–Trinajstić information content (AvgIpc) is 2.21. The van der Waals surface area contributed by atoms with Crippen LogP contribution in [0.4, 0.5) is 0 Å². The van der Waals surface area contributed by atoms with Gasteiger partial charge in [-0.2, -0.15) is 0 Å². The van der Waals surface area contributed by atoms with E-state index in [2.05, 4.69) is 20.4 Å². The van der Waals surface area contributed by atoms with Crippen LogP contribution in [0.3, 0.4) is 0 Å². The highest BCUT2D eigenvalue weighted by Crippen LogP contribution is 2.05. The molecule has 4 heteroatoms. The fraction of sp³-hybridized carbons (Fsp3) is 0.818. The molecule has 92 valence electrons. The van der Waals surface area contributed by atoms with E-state index in [1.807, 2.05) is 6.08 Å². The summed E-state index contributed by atoms with van der Waals surface area (Å²) in [6.07, 6.45) is 6.37. The Morgan fingerprint density at radius 2 is 1.67 bits per heavy atom. The van der Waals surface area contributed by atoms with E-state index in [4.69, 9.17) is 8.85 Å². The summed E-state index contributed by atoms with van der Waals surface area (Å²) in [5.41, 5.74) is 0. The maximum atomic E-state index is 5.72. The van der Waals surface area contributed by atoms with Gasteiger partial charge in [-0.1, -0.05) is 19.9 Å². The van der Waals surface area contributed by atoms with E-state index in [-0.39, 0.29) is 11.0 Å². The first kappa shape index (κ1) is 17.5. The van der Waals surface area contributed by atoms with E-state index in [1.54, 1.807) is 0 Å². The van der Waals surface area contributed by atoms with Gasteiger partial charge in [-0.05, 0) is 42.7 Å². The van der Waals surface area contributed by atoms with E-state index in [0.29, 0.717) is 0 Å². The summed E-state index contributed by atoms with van der Waals surface area (Å²) in [5.74, 6) is 0. The Morgan fingerprint density at radius 1 is 1.13 bits per heavy atom. The monoisotopic (exact) mass is 248 g/mol. The molecule has 0 aliphatic carbocycles. The van der Waals surface area contributed by atoms with Crippen LogP contribution in [0, 0.1) is 0 Å². The minimum atomic E-state index is -1.35. The number of allylic oxidation sites excluding steroid dienone is 1. The Morgan fingerprint density at radius 3 is 2.07 bits per heavy atom. The summed E-state index contributed by atoms with van der Waals surface area (Å²) < 4.78 is 11.4. The minimum Gasteiger partial charge on any atom is -0.397 e. The predicted molar refractivity (Wildman–Crippen MR) is 75.2 cm³/mol. The zero-order valence-corrected chi connectivity index (χ0v) is 10.8. The molecular formula is C11H28O2Si2. The molecule has 0 amide bonds. The predicted octanol–water partition coefficient (Wildman–Crippen LogP) is 1.57. The highest BCUT2D eigenvalue weighted by atomic mass is 28.3. The van der Waals surface area contributed by atoms with Crippen molar-refractivity contribution in [3.63, 3.8) is 0 Å². The molecule has 0 saturated heterocycles. The van der Waals surface area contributed by atoms with Gasteiger partial charge in [-0.3, -0.25) is 0 Å². The van der Waals surface area contributed by atoms with Crippen molar-refractivity contribution in [2.24, 2.45) is 0 Å². The maximum Gasteiger partial charge on any atom is 0.321 e. The molecule has 0 radical (unpaired) electrons. The largest absolute Gasteiger partial charge is 0.397 e. The number of unbranched alkanes of at least 4 members (excludes halogenated alkanes) is 1. The molecule has 0 aliphatic rings. The van der Waals surface area contributed by atoms with Crippen LogP contribution in [0.5, 0.6) is 0 Å². The second-order valence-corrected chi connectivity index (χ2v) is 5.49. The average molecular weight is 249 g/mol. The van der Waals surface area contributed by atoms with Crippen molar-refractivity contribution in [1.29, 1.82) is 0 Å². The molecule has 15 heavy (non-hydrogen) atoms. The van der Waals surface area contributed by atoms with Crippen LogP contribution in [0.1, 0.15) is 39.5 Å². The molecule has 0 rings (SSSR count). The van der Waals surface area contributed by atoms with E-state index in [1.165, 1.54) is 0 Å². The molecule has 2 nitrogen and oxygen atoms in total. The molecule has 0 aliphatic heterocycles. The van der Waals surface area contributed by atoms with Crippen molar-refractivity contribution in [3.05, 3.63) is 12.7 Å². The number of hydrogen-bond donors (Lipinski definition) is 0. The van der Waals surface area contributed by atoms with Crippen LogP contribution in [0.25, 0.3) is 0 Å². The Labute approximate surface area is 101 Å². The quantitative estimate of drug-likeness (QED) is 0.332. The van der Waals surface area contributed by atoms with Crippen molar-refractivity contribution >= 4 is 20.2 Å². The molecule has 0 saturated carbocycles. The van der Waals surface area contributed by atoms with Gasteiger partial charge < -0.3 is 8.85 Å². The van der Waals surface area contributed by atoms with Gasteiger partial charge in [-0.25, -0.2) is 0 Å². The molecule has 0 aromatic rings. The molecule has 0 N–H and O–H groups in total. The molecule has 0 heterocycles. The Hall–Kier alpha value is 0.0938. The van der Waals surface area contributed by atoms with Gasteiger partial charge in [0, 0.05) is 13.2 Å². The second kappa shape index (κ2) is 14.1. The van der Waals surface area contributed by atoms with Gasteiger partial charge in [0.05, 0.1) is 0 Å². The Balaban J connectivity index is 0. The topological polar surface area (TPSA) is 18.5 Å². The standard InChI is InChI=1S/C11H24O2Si.H4Si/c1-4-7-8-11-14(12-9-5-2)13-10-6-3;/h4,14H,1,5-11H2,2-3H3;1H4. The minimum absolute atomic E-state index is 0. The van der Waals surface area contributed by atoms with Crippen LogP contribution in [0.2, 0.25) is 6.04 Å². The van der Waals surface area contributed by atoms with E-state index in [0.717, 1.165) is 44.9 Å². The van der Waals surface area contributed by atoms with Crippen LogP contribution < -0.4 is 0 Å². The summed E-state index contributed by atoms with van der Waals surface area (Å²) >= 11 is 0. The molecular weight excluding hydrogens is 220 g/mol. The Kier molecular flexibility index (Phi) is 16.4. The first-order valence-electron chi connectivity index (χ1n) is 5.69. The summed E-state index contributed by atoms with van der Waals surface area (Å²) in [6.45, 7) is 9.70. The summed E-state index contributed by atoms with van der Waals surface area (Å²) in [7, 11) is -1.35. The van der Waals surface area contributed by atoms with Crippen LogP contribution >= 0.6 is 0 Å². The molecule has 0 spiro atoms. The fourth-order valence-electron chi connectivity index (χ4n) is 1.14. The maximum absolute atomic E-state index is 5.72. The lowest BCUT2D eigenvalue weighted by molar-refractivity contribution is 0.196. The van der Waals surface area contributed by atoms with Gasteiger partial charge in [0.1, 0.15) is 0 Å². The number of hydrogen-bond acceptors (Lipinski definition) is 2. The first-order valence-corrected chi connectivity index (χ1v) is 7.45. The third-order valence-electron chi connectivity index (χ3n) is 1.86. The number of rotatable bonds is 10. The van der Waals surface area contributed by atoms with Crippen molar-refractivity contribution in [3.8, 4) is 0 Å². The van der Waals surface area contributed by atoms with E-state index in [9.17, 15) is 0 Å². The lowest BCUT2D eigenvalue weighted by Gasteiger charge is -2.15. The smallest absolute Gasteiger partial charge is 0.321 e. The second-order valence-electron chi connectivity index (χ2n) is 3.39. The summed E-state index contributed by atoms with van der Waals surface area (Å²) in [6, 6.07) is 1.12. The third kappa shape index (κ3) is 12.0. The van der Waals surface area contributed by atoms with E-state index < -0.39 is 9.28 Å². The van der Waals surface area contributed by atoms with Gasteiger partial charge in [0.15, 0.2) is 0 Å². The van der Waals surface area contributed by atoms with Crippen LogP contribution in [0.15, 0.2) is 12.7 Å². The van der Waals surface area contributed by atoms with E-state index >= 15 is 0 Å². The fourth-order valence-corrected chi connectivity index (χ4v) is 3.14.